The first kappa shape index (κ1) is 15.9. The minimum Gasteiger partial charge on any atom is -0.360 e. The average molecular weight is 325 g/mol. The van der Waals surface area contributed by atoms with Crippen LogP contribution in [0.5, 0.6) is 0 Å². The molecule has 1 aromatic carbocycles. The number of hydrogen-bond acceptors (Lipinski definition) is 6. The van der Waals surface area contributed by atoms with Crippen molar-refractivity contribution in [3.8, 4) is 0 Å². The van der Waals surface area contributed by atoms with E-state index >= 15 is 0 Å². The molecule has 7 heteroatoms. The fourth-order valence-corrected chi connectivity index (χ4v) is 3.26. The van der Waals surface area contributed by atoms with Gasteiger partial charge in [-0.2, -0.15) is 0 Å². The van der Waals surface area contributed by atoms with Crippen molar-refractivity contribution in [1.82, 2.24) is 10.2 Å². The SMILES string of the molecule is CCCCNc1nnc(SCC(=O)c2cccc(F)c2)s1. The summed E-state index contributed by atoms with van der Waals surface area (Å²) in [6.07, 6.45) is 2.20. The quantitative estimate of drug-likeness (QED) is 0.454. The van der Waals surface area contributed by atoms with Crippen LogP contribution in [0.3, 0.4) is 0 Å². The van der Waals surface area contributed by atoms with E-state index in [-0.39, 0.29) is 11.5 Å². The maximum atomic E-state index is 13.1. The van der Waals surface area contributed by atoms with Crippen molar-refractivity contribution in [3.63, 3.8) is 0 Å². The van der Waals surface area contributed by atoms with E-state index in [0.717, 1.165) is 28.9 Å². The van der Waals surface area contributed by atoms with E-state index in [1.54, 1.807) is 6.07 Å². The molecule has 0 aliphatic heterocycles. The first-order valence-corrected chi connectivity index (χ1v) is 8.48. The molecule has 0 amide bonds. The number of nitrogens with one attached hydrogen (secondary N) is 1. The van der Waals surface area contributed by atoms with E-state index in [1.807, 2.05) is 0 Å². The molecule has 0 spiro atoms. The maximum absolute atomic E-state index is 13.1. The van der Waals surface area contributed by atoms with Crippen molar-refractivity contribution in [2.24, 2.45) is 0 Å². The van der Waals surface area contributed by atoms with E-state index < -0.39 is 5.82 Å². The van der Waals surface area contributed by atoms with Gasteiger partial charge in [-0.15, -0.1) is 10.2 Å². The third kappa shape index (κ3) is 5.09. The fourth-order valence-electron chi connectivity index (χ4n) is 1.58. The van der Waals surface area contributed by atoms with Crippen molar-refractivity contribution < 1.29 is 9.18 Å². The largest absolute Gasteiger partial charge is 0.360 e. The lowest BCUT2D eigenvalue weighted by Gasteiger charge is -1.99. The molecule has 0 aliphatic carbocycles. The van der Waals surface area contributed by atoms with Crippen LogP contribution < -0.4 is 5.32 Å². The highest BCUT2D eigenvalue weighted by molar-refractivity contribution is 8.01. The van der Waals surface area contributed by atoms with E-state index in [4.69, 9.17) is 0 Å². The highest BCUT2D eigenvalue weighted by Crippen LogP contribution is 2.26. The number of unbranched alkanes of at least 4 members (excludes halogenated alkanes) is 1. The smallest absolute Gasteiger partial charge is 0.206 e. The minimum absolute atomic E-state index is 0.116. The second kappa shape index (κ2) is 8.09. The average Bonchev–Trinajstić information content (AvgIpc) is 2.93. The summed E-state index contributed by atoms with van der Waals surface area (Å²) in [5.41, 5.74) is 0.383. The third-order valence-corrected chi connectivity index (χ3v) is 4.70. The molecule has 0 saturated heterocycles. The lowest BCUT2D eigenvalue weighted by Crippen LogP contribution is -2.02. The monoisotopic (exact) mass is 325 g/mol. The number of nitrogens with zero attached hydrogens (tertiary/aromatic N) is 2. The van der Waals surface area contributed by atoms with Crippen molar-refractivity contribution >= 4 is 34.0 Å². The molecule has 1 heterocycles. The fraction of sp³-hybridized carbons (Fsp3) is 0.357. The Hall–Kier alpha value is -1.47. The summed E-state index contributed by atoms with van der Waals surface area (Å²) in [5, 5.41) is 12.0. The van der Waals surface area contributed by atoms with Crippen LogP contribution in [-0.4, -0.2) is 28.3 Å². The van der Waals surface area contributed by atoms with Crippen LogP contribution in [0.4, 0.5) is 9.52 Å². The van der Waals surface area contributed by atoms with Crippen LogP contribution >= 0.6 is 23.1 Å². The van der Waals surface area contributed by atoms with Gasteiger partial charge in [0, 0.05) is 12.1 Å². The Morgan fingerprint density at radius 2 is 2.29 bits per heavy atom. The molecule has 0 aliphatic rings. The molecule has 1 aromatic heterocycles. The summed E-state index contributed by atoms with van der Waals surface area (Å²) < 4.78 is 13.8. The molecule has 2 aromatic rings. The number of carbonyl (C=O) groups excluding carboxylic acids is 1. The predicted molar refractivity (Wildman–Crippen MR) is 84.8 cm³/mol. The molecule has 0 saturated carbocycles. The van der Waals surface area contributed by atoms with E-state index in [2.05, 4.69) is 22.4 Å². The molecule has 0 unspecified atom stereocenters. The third-order valence-electron chi connectivity index (χ3n) is 2.69. The molecule has 1 N–H and O–H groups in total. The van der Waals surface area contributed by atoms with E-state index in [9.17, 15) is 9.18 Å². The molecule has 4 nitrogen and oxygen atoms in total. The number of carbonyl (C=O) groups is 1. The highest BCUT2D eigenvalue weighted by Gasteiger charge is 2.10. The summed E-state index contributed by atoms with van der Waals surface area (Å²) in [6, 6.07) is 5.72. The topological polar surface area (TPSA) is 54.9 Å². The van der Waals surface area contributed by atoms with Crippen LogP contribution in [0.2, 0.25) is 0 Å². The Morgan fingerprint density at radius 3 is 3.05 bits per heavy atom. The molecular weight excluding hydrogens is 309 g/mol. The zero-order valence-electron chi connectivity index (χ0n) is 11.6. The summed E-state index contributed by atoms with van der Waals surface area (Å²) in [5.74, 6) is -0.285. The van der Waals surface area contributed by atoms with Crippen molar-refractivity contribution in [3.05, 3.63) is 35.6 Å². The highest BCUT2D eigenvalue weighted by atomic mass is 32.2. The van der Waals surface area contributed by atoms with Gasteiger partial charge in [-0.1, -0.05) is 48.6 Å². The van der Waals surface area contributed by atoms with Gasteiger partial charge in [0.1, 0.15) is 5.82 Å². The van der Waals surface area contributed by atoms with Gasteiger partial charge >= 0.3 is 0 Å². The van der Waals surface area contributed by atoms with Gasteiger partial charge in [0.05, 0.1) is 5.75 Å². The number of rotatable bonds is 8. The summed E-state index contributed by atoms with van der Waals surface area (Å²) in [7, 11) is 0. The lowest BCUT2D eigenvalue weighted by molar-refractivity contribution is 0.102. The second-order valence-corrected chi connectivity index (χ2v) is 6.58. The maximum Gasteiger partial charge on any atom is 0.206 e. The van der Waals surface area contributed by atoms with Crippen LogP contribution in [0.25, 0.3) is 0 Å². The Morgan fingerprint density at radius 1 is 1.43 bits per heavy atom. The molecule has 0 atom stereocenters. The van der Waals surface area contributed by atoms with Crippen molar-refractivity contribution in [2.45, 2.75) is 24.1 Å². The molecule has 2 rings (SSSR count). The van der Waals surface area contributed by atoms with Crippen LogP contribution in [0.15, 0.2) is 28.6 Å². The number of Topliss-reactive ketones (excluding diaryl/α,β-unsaturated/α-hetero) is 1. The lowest BCUT2D eigenvalue weighted by atomic mass is 10.1. The number of hydrogen-bond donors (Lipinski definition) is 1. The number of aromatic nitrogens is 2. The van der Waals surface area contributed by atoms with E-state index in [0.29, 0.717) is 5.56 Å². The number of halogens is 1. The number of anilines is 1. The van der Waals surface area contributed by atoms with Gasteiger partial charge in [0.2, 0.25) is 5.13 Å². The van der Waals surface area contributed by atoms with Crippen molar-refractivity contribution in [1.29, 1.82) is 0 Å². The Balaban J connectivity index is 1.84. The van der Waals surface area contributed by atoms with Gasteiger partial charge in [0.25, 0.3) is 0 Å². The molecule has 0 bridgehead atoms. The second-order valence-electron chi connectivity index (χ2n) is 4.38. The van der Waals surface area contributed by atoms with Gasteiger partial charge < -0.3 is 5.32 Å². The van der Waals surface area contributed by atoms with Crippen LogP contribution in [-0.2, 0) is 0 Å². The molecule has 112 valence electrons. The minimum atomic E-state index is -0.399. The summed E-state index contributed by atoms with van der Waals surface area (Å²) in [6.45, 7) is 3.00. The summed E-state index contributed by atoms with van der Waals surface area (Å²) >= 11 is 2.75. The van der Waals surface area contributed by atoms with Gasteiger partial charge in [-0.25, -0.2) is 4.39 Å². The first-order chi connectivity index (χ1) is 10.2. The molecular formula is C14H16FN3OS2. The zero-order chi connectivity index (χ0) is 15.1. The van der Waals surface area contributed by atoms with Gasteiger partial charge in [-0.05, 0) is 18.6 Å². The van der Waals surface area contributed by atoms with Crippen LogP contribution in [0.1, 0.15) is 30.1 Å². The first-order valence-electron chi connectivity index (χ1n) is 6.68. The summed E-state index contributed by atoms with van der Waals surface area (Å²) in [4.78, 5) is 11.9. The Bertz CT molecular complexity index is 603. The van der Waals surface area contributed by atoms with E-state index in [1.165, 1.54) is 41.3 Å². The number of ketones is 1. The Kier molecular flexibility index (Phi) is 6.13. The van der Waals surface area contributed by atoms with Crippen LogP contribution in [0, 0.1) is 5.82 Å². The Labute approximate surface area is 131 Å². The normalized spacial score (nSPS) is 10.6. The molecule has 0 fully saturated rings. The zero-order valence-corrected chi connectivity index (χ0v) is 13.3. The number of thioether (sulfide) groups is 1. The predicted octanol–water partition coefficient (Wildman–Crippen LogP) is 3.86. The van der Waals surface area contributed by atoms with Gasteiger partial charge in [0.15, 0.2) is 10.1 Å². The number of benzene rings is 1. The van der Waals surface area contributed by atoms with Crippen molar-refractivity contribution in [2.75, 3.05) is 17.6 Å². The molecule has 21 heavy (non-hydrogen) atoms. The standard InChI is InChI=1S/C14H16FN3OS2/c1-2-3-7-16-13-17-18-14(21-13)20-9-12(19)10-5-4-6-11(15)8-10/h4-6,8H,2-3,7,9H2,1H3,(H,16,17). The van der Waals surface area contributed by atoms with Gasteiger partial charge in [-0.3, -0.25) is 4.79 Å². The molecule has 0 radical (unpaired) electrons.